The first-order chi connectivity index (χ1) is 16.1. The zero-order valence-electron chi connectivity index (χ0n) is 18.1. The Kier molecular flexibility index (Phi) is 7.14. The van der Waals surface area contributed by atoms with Gasteiger partial charge in [-0.1, -0.05) is 30.3 Å². The molecule has 8 heteroatoms. The van der Waals surface area contributed by atoms with Gasteiger partial charge in [0, 0.05) is 26.2 Å². The molecule has 7 nitrogen and oxygen atoms in total. The van der Waals surface area contributed by atoms with Crippen LogP contribution in [0.4, 0.5) is 15.9 Å². The highest BCUT2D eigenvalue weighted by Gasteiger charge is 2.22. The van der Waals surface area contributed by atoms with Crippen molar-refractivity contribution in [3.63, 3.8) is 0 Å². The smallest absolute Gasteiger partial charge is 0.262 e. The van der Waals surface area contributed by atoms with Gasteiger partial charge in [0.05, 0.1) is 17.4 Å². The van der Waals surface area contributed by atoms with E-state index in [9.17, 15) is 14.0 Å². The topological polar surface area (TPSA) is 74.8 Å². The quantitative estimate of drug-likeness (QED) is 0.624. The zero-order valence-corrected chi connectivity index (χ0v) is 18.1. The molecular formula is C25H25FN4O3. The molecule has 33 heavy (non-hydrogen) atoms. The number of pyridine rings is 1. The average molecular weight is 448 g/mol. The normalized spacial score (nSPS) is 13.8. The van der Waals surface area contributed by atoms with Crippen molar-refractivity contribution in [3.8, 4) is 5.75 Å². The number of nitrogens with zero attached hydrogens (tertiary/aromatic N) is 3. The number of carbonyl (C=O) groups is 2. The summed E-state index contributed by atoms with van der Waals surface area (Å²) in [5.74, 6) is 0.319. The maximum atomic E-state index is 14.0. The number of rotatable bonds is 6. The van der Waals surface area contributed by atoms with Gasteiger partial charge >= 0.3 is 0 Å². The number of nitrogens with one attached hydrogen (secondary N) is 1. The molecule has 2 heterocycles. The molecule has 2 aromatic carbocycles. The van der Waals surface area contributed by atoms with Crippen molar-refractivity contribution in [1.29, 1.82) is 0 Å². The molecule has 1 aromatic heterocycles. The Morgan fingerprint density at radius 2 is 1.73 bits per heavy atom. The van der Waals surface area contributed by atoms with E-state index in [0.717, 1.165) is 18.8 Å². The fraction of sp³-hybridized carbons (Fsp3) is 0.240. The predicted octanol–water partition coefficient (Wildman–Crippen LogP) is 3.59. The molecule has 1 aliphatic heterocycles. The Bertz CT molecular complexity index is 1090. The van der Waals surface area contributed by atoms with Crippen molar-refractivity contribution in [2.45, 2.75) is 6.42 Å². The van der Waals surface area contributed by atoms with E-state index in [1.807, 2.05) is 24.3 Å². The molecule has 0 atom stereocenters. The van der Waals surface area contributed by atoms with E-state index >= 15 is 0 Å². The SMILES string of the molecule is O=C(COc1ccccc1)Nc1ccc(N2CCCN(C(=O)c3ccccc3F)CC2)nc1. The maximum absolute atomic E-state index is 14.0. The van der Waals surface area contributed by atoms with Crippen molar-refractivity contribution in [2.75, 3.05) is 43.0 Å². The van der Waals surface area contributed by atoms with Crippen molar-refractivity contribution in [2.24, 2.45) is 0 Å². The van der Waals surface area contributed by atoms with Gasteiger partial charge in [-0.25, -0.2) is 9.37 Å². The Labute approximate surface area is 191 Å². The fourth-order valence-electron chi connectivity index (χ4n) is 3.66. The van der Waals surface area contributed by atoms with Crippen LogP contribution in [0.5, 0.6) is 5.75 Å². The minimum Gasteiger partial charge on any atom is -0.484 e. The highest BCUT2D eigenvalue weighted by Crippen LogP contribution is 2.18. The number of hydrogen-bond acceptors (Lipinski definition) is 5. The molecule has 0 spiro atoms. The molecule has 0 saturated carbocycles. The first kappa shape index (κ1) is 22.3. The van der Waals surface area contributed by atoms with Gasteiger partial charge < -0.3 is 19.9 Å². The Hall–Kier alpha value is -3.94. The van der Waals surface area contributed by atoms with Gasteiger partial charge in [-0.05, 0) is 42.8 Å². The number of hydrogen-bond donors (Lipinski definition) is 1. The van der Waals surface area contributed by atoms with E-state index in [2.05, 4.69) is 15.2 Å². The summed E-state index contributed by atoms with van der Waals surface area (Å²) < 4.78 is 19.4. The van der Waals surface area contributed by atoms with Crippen LogP contribution in [0.2, 0.25) is 0 Å². The van der Waals surface area contributed by atoms with Crippen LogP contribution in [0, 0.1) is 5.82 Å². The minimum atomic E-state index is -0.503. The molecule has 4 rings (SSSR count). The standard InChI is InChI=1S/C25H25FN4O3/c26-22-10-5-4-9-21(22)25(32)30-14-6-13-29(15-16-30)23-12-11-19(17-27-23)28-24(31)18-33-20-7-2-1-3-8-20/h1-5,7-12,17H,6,13-16,18H2,(H,28,31). The highest BCUT2D eigenvalue weighted by atomic mass is 19.1. The molecule has 0 aliphatic carbocycles. The van der Waals surface area contributed by atoms with E-state index in [0.29, 0.717) is 31.1 Å². The van der Waals surface area contributed by atoms with Crippen molar-refractivity contribution < 1.29 is 18.7 Å². The molecule has 3 aromatic rings. The van der Waals surface area contributed by atoms with Crippen LogP contribution in [0.1, 0.15) is 16.8 Å². The number of benzene rings is 2. The number of amides is 2. The van der Waals surface area contributed by atoms with Crippen LogP contribution in [0.25, 0.3) is 0 Å². The number of carbonyl (C=O) groups excluding carboxylic acids is 2. The van der Waals surface area contributed by atoms with Crippen LogP contribution in [-0.4, -0.2) is 54.5 Å². The summed E-state index contributed by atoms with van der Waals surface area (Å²) in [5.41, 5.74) is 0.673. The molecule has 0 bridgehead atoms. The van der Waals surface area contributed by atoms with E-state index in [1.165, 1.54) is 12.1 Å². The molecule has 1 fully saturated rings. The minimum absolute atomic E-state index is 0.0935. The maximum Gasteiger partial charge on any atom is 0.262 e. The summed E-state index contributed by atoms with van der Waals surface area (Å²) in [5, 5.41) is 2.77. The molecule has 1 N–H and O–H groups in total. The molecular weight excluding hydrogens is 423 g/mol. The van der Waals surface area contributed by atoms with Crippen LogP contribution in [0.3, 0.4) is 0 Å². The summed E-state index contributed by atoms with van der Waals surface area (Å²) in [6, 6.07) is 18.8. The molecule has 2 amide bonds. The third-order valence-electron chi connectivity index (χ3n) is 5.36. The molecule has 1 saturated heterocycles. The van der Waals surface area contributed by atoms with Gasteiger partial charge in [0.2, 0.25) is 0 Å². The van der Waals surface area contributed by atoms with Gasteiger partial charge in [-0.2, -0.15) is 0 Å². The van der Waals surface area contributed by atoms with Gasteiger partial charge in [0.25, 0.3) is 11.8 Å². The van der Waals surface area contributed by atoms with Crippen LogP contribution < -0.4 is 15.0 Å². The first-order valence-corrected chi connectivity index (χ1v) is 10.8. The lowest BCUT2D eigenvalue weighted by molar-refractivity contribution is -0.118. The lowest BCUT2D eigenvalue weighted by atomic mass is 10.2. The van der Waals surface area contributed by atoms with E-state index in [4.69, 9.17) is 4.74 Å². The van der Waals surface area contributed by atoms with Crippen molar-refractivity contribution in [1.82, 2.24) is 9.88 Å². The lowest BCUT2D eigenvalue weighted by Crippen LogP contribution is -2.35. The van der Waals surface area contributed by atoms with Gasteiger partial charge in [-0.3, -0.25) is 9.59 Å². The Balaban J connectivity index is 1.30. The van der Waals surface area contributed by atoms with E-state index in [-0.39, 0.29) is 24.0 Å². The third kappa shape index (κ3) is 5.85. The third-order valence-corrected chi connectivity index (χ3v) is 5.36. The lowest BCUT2D eigenvalue weighted by Gasteiger charge is -2.23. The highest BCUT2D eigenvalue weighted by molar-refractivity contribution is 5.94. The fourth-order valence-corrected chi connectivity index (χ4v) is 3.66. The van der Waals surface area contributed by atoms with Crippen LogP contribution in [-0.2, 0) is 4.79 Å². The largest absolute Gasteiger partial charge is 0.484 e. The Morgan fingerprint density at radius 1 is 0.939 bits per heavy atom. The predicted molar refractivity (Wildman–Crippen MR) is 124 cm³/mol. The molecule has 0 radical (unpaired) electrons. The van der Waals surface area contributed by atoms with E-state index in [1.54, 1.807) is 41.4 Å². The van der Waals surface area contributed by atoms with Crippen LogP contribution in [0.15, 0.2) is 72.9 Å². The monoisotopic (exact) mass is 448 g/mol. The van der Waals surface area contributed by atoms with E-state index < -0.39 is 5.82 Å². The van der Waals surface area contributed by atoms with Crippen molar-refractivity contribution >= 4 is 23.3 Å². The summed E-state index contributed by atoms with van der Waals surface area (Å²) in [6.07, 6.45) is 2.35. The van der Waals surface area contributed by atoms with Crippen molar-refractivity contribution in [3.05, 3.63) is 84.3 Å². The summed E-state index contributed by atoms with van der Waals surface area (Å²) >= 11 is 0. The summed E-state index contributed by atoms with van der Waals surface area (Å²) in [7, 11) is 0. The number of aromatic nitrogens is 1. The van der Waals surface area contributed by atoms with Crippen LogP contribution >= 0.6 is 0 Å². The average Bonchev–Trinajstić information content (AvgIpc) is 3.10. The molecule has 170 valence electrons. The van der Waals surface area contributed by atoms with Gasteiger partial charge in [0.15, 0.2) is 6.61 Å². The summed E-state index contributed by atoms with van der Waals surface area (Å²) in [4.78, 5) is 33.1. The zero-order chi connectivity index (χ0) is 23.0. The molecule has 0 unspecified atom stereocenters. The number of anilines is 2. The number of halogens is 1. The second-order valence-electron chi connectivity index (χ2n) is 7.67. The second kappa shape index (κ2) is 10.6. The number of para-hydroxylation sites is 1. The summed E-state index contributed by atoms with van der Waals surface area (Å²) in [6.45, 7) is 2.25. The second-order valence-corrected chi connectivity index (χ2v) is 7.67. The number of ether oxygens (including phenoxy) is 1. The first-order valence-electron chi connectivity index (χ1n) is 10.8. The Morgan fingerprint density at radius 3 is 2.48 bits per heavy atom. The van der Waals surface area contributed by atoms with Gasteiger partial charge in [0.1, 0.15) is 17.4 Å². The van der Waals surface area contributed by atoms with Gasteiger partial charge in [-0.15, -0.1) is 0 Å². The molecule has 1 aliphatic rings.